The number of thiophene rings is 1. The molecule has 1 fully saturated rings. The first-order valence-corrected chi connectivity index (χ1v) is 9.07. The molecule has 7 heteroatoms. The number of piperidine rings is 1. The number of benzene rings is 1. The number of nitrogens with zero attached hydrogens (tertiary/aromatic N) is 1. The van der Waals surface area contributed by atoms with Crippen molar-refractivity contribution in [1.82, 2.24) is 4.90 Å². The molecule has 25 heavy (non-hydrogen) atoms. The molecule has 1 amide bonds. The molecule has 2 aromatic rings. The van der Waals surface area contributed by atoms with Crippen molar-refractivity contribution < 1.29 is 19.5 Å². The normalized spacial score (nSPS) is 15.2. The smallest absolute Gasteiger partial charge is 0.345 e. The molecule has 1 N–H and O–H groups in total. The number of halogens is 1. The van der Waals surface area contributed by atoms with Crippen LogP contribution >= 0.6 is 22.9 Å². The lowest BCUT2D eigenvalue weighted by Crippen LogP contribution is -2.40. The van der Waals surface area contributed by atoms with E-state index >= 15 is 0 Å². The molecule has 0 atom stereocenters. The second kappa shape index (κ2) is 7.37. The van der Waals surface area contributed by atoms with Crippen molar-refractivity contribution in [3.8, 4) is 0 Å². The fourth-order valence-corrected chi connectivity index (χ4v) is 3.86. The standard InChI is InChI=1S/C18H16ClNO4S/c19-13-3-1-11(2-4-13)16(21)12-7-9-20(10-8-12)17(22)14-5-6-15(25-14)18(23)24/h1-6,12H,7-10H2,(H,23,24). The van der Waals surface area contributed by atoms with Gasteiger partial charge in [0.25, 0.3) is 5.91 Å². The van der Waals surface area contributed by atoms with Gasteiger partial charge in [-0.25, -0.2) is 4.79 Å². The monoisotopic (exact) mass is 377 g/mol. The van der Waals surface area contributed by atoms with E-state index in [0.29, 0.717) is 41.4 Å². The van der Waals surface area contributed by atoms with Crippen LogP contribution in [0.5, 0.6) is 0 Å². The predicted molar refractivity (Wildman–Crippen MR) is 95.7 cm³/mol. The zero-order valence-corrected chi connectivity index (χ0v) is 14.8. The lowest BCUT2D eigenvalue weighted by Gasteiger charge is -2.31. The summed E-state index contributed by atoms with van der Waals surface area (Å²) in [5, 5.41) is 9.54. The van der Waals surface area contributed by atoms with Gasteiger partial charge in [0.2, 0.25) is 0 Å². The van der Waals surface area contributed by atoms with Crippen LogP contribution in [0.2, 0.25) is 5.02 Å². The van der Waals surface area contributed by atoms with Gasteiger partial charge in [0.15, 0.2) is 5.78 Å². The number of carboxylic acids is 1. The molecule has 130 valence electrons. The quantitative estimate of drug-likeness (QED) is 0.821. The van der Waals surface area contributed by atoms with Crippen LogP contribution in [-0.4, -0.2) is 40.8 Å². The number of Topliss-reactive ketones (excluding diaryl/α,β-unsaturated/α-hetero) is 1. The Morgan fingerprint density at radius 2 is 1.60 bits per heavy atom. The fraction of sp³-hybridized carbons (Fsp3) is 0.278. The average molecular weight is 378 g/mol. The first-order valence-electron chi connectivity index (χ1n) is 7.88. The summed E-state index contributed by atoms with van der Waals surface area (Å²) in [6.07, 6.45) is 1.20. The van der Waals surface area contributed by atoms with Crippen molar-refractivity contribution in [2.75, 3.05) is 13.1 Å². The molecule has 0 aliphatic carbocycles. The summed E-state index contributed by atoms with van der Waals surface area (Å²) in [6, 6.07) is 9.83. The number of rotatable bonds is 4. The van der Waals surface area contributed by atoms with Gasteiger partial charge in [0.1, 0.15) is 4.88 Å². The number of amides is 1. The van der Waals surface area contributed by atoms with E-state index in [4.69, 9.17) is 16.7 Å². The Morgan fingerprint density at radius 3 is 2.16 bits per heavy atom. The molecule has 0 radical (unpaired) electrons. The average Bonchev–Trinajstić information content (AvgIpc) is 3.12. The Balaban J connectivity index is 1.61. The third-order valence-electron chi connectivity index (χ3n) is 4.31. The van der Waals surface area contributed by atoms with E-state index < -0.39 is 5.97 Å². The molecule has 2 heterocycles. The maximum atomic E-state index is 12.5. The van der Waals surface area contributed by atoms with E-state index in [0.717, 1.165) is 11.3 Å². The highest BCUT2D eigenvalue weighted by molar-refractivity contribution is 7.15. The van der Waals surface area contributed by atoms with Crippen LogP contribution in [-0.2, 0) is 0 Å². The summed E-state index contributed by atoms with van der Waals surface area (Å²) in [5.74, 6) is -1.23. The molecule has 1 aromatic heterocycles. The number of ketones is 1. The highest BCUT2D eigenvalue weighted by Gasteiger charge is 2.29. The number of hydrogen-bond acceptors (Lipinski definition) is 4. The zero-order chi connectivity index (χ0) is 18.0. The van der Waals surface area contributed by atoms with Crippen molar-refractivity contribution in [1.29, 1.82) is 0 Å². The lowest BCUT2D eigenvalue weighted by molar-refractivity contribution is 0.0654. The summed E-state index contributed by atoms with van der Waals surface area (Å²) in [7, 11) is 0. The first kappa shape index (κ1) is 17.6. The summed E-state index contributed by atoms with van der Waals surface area (Å²) >= 11 is 6.82. The molecule has 1 saturated heterocycles. The Morgan fingerprint density at radius 1 is 1.00 bits per heavy atom. The molecule has 0 bridgehead atoms. The summed E-state index contributed by atoms with van der Waals surface area (Å²) in [4.78, 5) is 38.2. The predicted octanol–water partition coefficient (Wildman–Crippen LogP) is 3.83. The number of carbonyl (C=O) groups is 3. The van der Waals surface area contributed by atoms with Gasteiger partial charge in [-0.15, -0.1) is 11.3 Å². The van der Waals surface area contributed by atoms with E-state index in [1.54, 1.807) is 35.2 Å². The SMILES string of the molecule is O=C(O)c1ccc(C(=O)N2CCC(C(=O)c3ccc(Cl)cc3)CC2)s1. The van der Waals surface area contributed by atoms with E-state index in [1.165, 1.54) is 6.07 Å². The topological polar surface area (TPSA) is 74.7 Å². The van der Waals surface area contributed by atoms with Crippen molar-refractivity contribution in [2.45, 2.75) is 12.8 Å². The molecule has 0 unspecified atom stereocenters. The molecule has 1 aromatic carbocycles. The van der Waals surface area contributed by atoms with Gasteiger partial charge < -0.3 is 10.0 Å². The van der Waals surface area contributed by atoms with Gasteiger partial charge in [0.05, 0.1) is 4.88 Å². The van der Waals surface area contributed by atoms with Crippen LogP contribution in [0.3, 0.4) is 0 Å². The fourth-order valence-electron chi connectivity index (χ4n) is 2.92. The van der Waals surface area contributed by atoms with E-state index in [-0.39, 0.29) is 22.5 Å². The molecule has 1 aliphatic heterocycles. The number of carboxylic acid groups (broad SMARTS) is 1. The third kappa shape index (κ3) is 3.91. The van der Waals surface area contributed by atoms with Gasteiger partial charge in [-0.3, -0.25) is 9.59 Å². The van der Waals surface area contributed by atoms with Crippen LogP contribution in [0.4, 0.5) is 0 Å². The van der Waals surface area contributed by atoms with Crippen molar-refractivity contribution in [2.24, 2.45) is 5.92 Å². The van der Waals surface area contributed by atoms with Gasteiger partial charge in [0, 0.05) is 29.6 Å². The Bertz CT molecular complexity index is 807. The van der Waals surface area contributed by atoms with Gasteiger partial charge in [-0.2, -0.15) is 0 Å². The van der Waals surface area contributed by atoms with Crippen molar-refractivity contribution in [3.05, 3.63) is 56.7 Å². The van der Waals surface area contributed by atoms with Crippen molar-refractivity contribution in [3.63, 3.8) is 0 Å². The first-order chi connectivity index (χ1) is 12.0. The Hall–Kier alpha value is -2.18. The summed E-state index contributed by atoms with van der Waals surface area (Å²) in [5.41, 5.74) is 0.638. The van der Waals surface area contributed by atoms with Crippen molar-refractivity contribution >= 4 is 40.6 Å². The second-order valence-electron chi connectivity index (χ2n) is 5.91. The van der Waals surface area contributed by atoms with Crippen LogP contribution in [0.15, 0.2) is 36.4 Å². The molecular formula is C18H16ClNO4S. The van der Waals surface area contributed by atoms with Crippen LogP contribution in [0, 0.1) is 5.92 Å². The maximum Gasteiger partial charge on any atom is 0.345 e. The molecule has 1 aliphatic rings. The highest BCUT2D eigenvalue weighted by Crippen LogP contribution is 2.25. The van der Waals surface area contributed by atoms with E-state index in [1.807, 2.05) is 0 Å². The lowest BCUT2D eigenvalue weighted by atomic mass is 9.89. The number of aromatic carboxylic acids is 1. The minimum absolute atomic E-state index is 0.0769. The van der Waals surface area contributed by atoms with E-state index in [2.05, 4.69) is 0 Å². The van der Waals surface area contributed by atoms with Crippen LogP contribution in [0.1, 0.15) is 42.5 Å². The minimum atomic E-state index is -1.03. The van der Waals surface area contributed by atoms with Gasteiger partial charge in [-0.1, -0.05) is 11.6 Å². The summed E-state index contributed by atoms with van der Waals surface area (Å²) < 4.78 is 0. The van der Waals surface area contributed by atoms with Gasteiger partial charge >= 0.3 is 5.97 Å². The number of carbonyl (C=O) groups excluding carboxylic acids is 2. The highest BCUT2D eigenvalue weighted by atomic mass is 35.5. The second-order valence-corrected chi connectivity index (χ2v) is 7.43. The number of hydrogen-bond donors (Lipinski definition) is 1. The summed E-state index contributed by atoms with van der Waals surface area (Å²) in [6.45, 7) is 0.978. The molecule has 5 nitrogen and oxygen atoms in total. The molecular weight excluding hydrogens is 362 g/mol. The van der Waals surface area contributed by atoms with Gasteiger partial charge in [-0.05, 0) is 49.2 Å². The zero-order valence-electron chi connectivity index (χ0n) is 13.3. The molecule has 0 spiro atoms. The van der Waals surface area contributed by atoms with Crippen LogP contribution < -0.4 is 0 Å². The Labute approximate surface area is 153 Å². The number of likely N-dealkylation sites (tertiary alicyclic amines) is 1. The molecule has 0 saturated carbocycles. The third-order valence-corrected chi connectivity index (χ3v) is 5.62. The van der Waals surface area contributed by atoms with Crippen LogP contribution in [0.25, 0.3) is 0 Å². The van der Waals surface area contributed by atoms with E-state index in [9.17, 15) is 14.4 Å². The minimum Gasteiger partial charge on any atom is -0.477 e. The largest absolute Gasteiger partial charge is 0.477 e. The molecule has 3 rings (SSSR count). The maximum absolute atomic E-state index is 12.5. The Kier molecular flexibility index (Phi) is 5.20.